The lowest BCUT2D eigenvalue weighted by Gasteiger charge is -2.13. The minimum absolute atomic E-state index is 0.0922. The molecule has 0 radical (unpaired) electrons. The molecule has 0 heterocycles. The molecule has 28 heavy (non-hydrogen) atoms. The predicted octanol–water partition coefficient (Wildman–Crippen LogP) is 3.60. The SMILES string of the molecule is CC(C)c1ccc(NC(=S)NNC(=O)CCNC(=O)c2ccccc2Cl)cc1. The van der Waals surface area contributed by atoms with Gasteiger partial charge in [-0.1, -0.05) is 49.7 Å². The number of carbonyl (C=O) groups is 2. The molecule has 4 N–H and O–H groups in total. The van der Waals surface area contributed by atoms with E-state index in [1.807, 2.05) is 24.3 Å². The number of halogens is 1. The zero-order chi connectivity index (χ0) is 20.5. The Labute approximate surface area is 175 Å². The van der Waals surface area contributed by atoms with Gasteiger partial charge in [0, 0.05) is 18.7 Å². The molecule has 0 aliphatic rings. The Kier molecular flexibility index (Phi) is 8.22. The van der Waals surface area contributed by atoms with Crippen molar-refractivity contribution < 1.29 is 9.59 Å². The molecule has 2 amide bonds. The number of hydrogen-bond acceptors (Lipinski definition) is 3. The maximum absolute atomic E-state index is 12.0. The van der Waals surface area contributed by atoms with Gasteiger partial charge in [-0.15, -0.1) is 0 Å². The third kappa shape index (κ3) is 6.83. The maximum Gasteiger partial charge on any atom is 0.252 e. The van der Waals surface area contributed by atoms with Gasteiger partial charge in [-0.3, -0.25) is 20.4 Å². The Bertz CT molecular complexity index is 840. The number of anilines is 1. The van der Waals surface area contributed by atoms with Crippen LogP contribution >= 0.6 is 23.8 Å². The summed E-state index contributed by atoms with van der Waals surface area (Å²) >= 11 is 11.1. The maximum atomic E-state index is 12.0. The Morgan fingerprint density at radius 2 is 1.71 bits per heavy atom. The number of benzene rings is 2. The van der Waals surface area contributed by atoms with Gasteiger partial charge >= 0.3 is 0 Å². The summed E-state index contributed by atoms with van der Waals surface area (Å²) in [5.74, 6) is -0.177. The van der Waals surface area contributed by atoms with E-state index in [-0.39, 0.29) is 29.9 Å². The molecular formula is C20H23ClN4O2S. The standard InChI is InChI=1S/C20H23ClN4O2S/c1-13(2)14-7-9-15(10-8-14)23-20(28)25-24-18(26)11-12-22-19(27)16-5-3-4-6-17(16)21/h3-10,13H,11-12H2,1-2H3,(H,22,27)(H,24,26)(H2,23,25,28). The predicted molar refractivity (Wildman–Crippen MR) is 116 cm³/mol. The van der Waals surface area contributed by atoms with Gasteiger partial charge < -0.3 is 10.6 Å². The molecular weight excluding hydrogens is 396 g/mol. The van der Waals surface area contributed by atoms with Gasteiger partial charge in [-0.2, -0.15) is 0 Å². The smallest absolute Gasteiger partial charge is 0.252 e. The second-order valence-electron chi connectivity index (χ2n) is 6.39. The fourth-order valence-corrected chi connectivity index (χ4v) is 2.72. The van der Waals surface area contributed by atoms with Crippen molar-refractivity contribution in [3.05, 3.63) is 64.7 Å². The molecule has 0 unspecified atom stereocenters. The summed E-state index contributed by atoms with van der Waals surface area (Å²) in [6.45, 7) is 4.43. The molecule has 0 spiro atoms. The van der Waals surface area contributed by atoms with Gasteiger partial charge in [0.1, 0.15) is 0 Å². The van der Waals surface area contributed by atoms with Crippen LogP contribution in [0, 0.1) is 0 Å². The van der Waals surface area contributed by atoms with Crippen LogP contribution in [0.4, 0.5) is 5.69 Å². The van der Waals surface area contributed by atoms with Crippen molar-refractivity contribution >= 4 is 46.4 Å². The lowest BCUT2D eigenvalue weighted by Crippen LogP contribution is -2.44. The molecule has 0 saturated heterocycles. The first kappa shape index (κ1) is 21.7. The second kappa shape index (κ2) is 10.6. The van der Waals surface area contributed by atoms with Gasteiger partial charge in [0.15, 0.2) is 5.11 Å². The number of nitrogens with one attached hydrogen (secondary N) is 4. The van der Waals surface area contributed by atoms with Gasteiger partial charge in [0.25, 0.3) is 5.91 Å². The van der Waals surface area contributed by atoms with E-state index in [1.165, 1.54) is 5.56 Å². The highest BCUT2D eigenvalue weighted by Gasteiger charge is 2.10. The minimum Gasteiger partial charge on any atom is -0.351 e. The summed E-state index contributed by atoms with van der Waals surface area (Å²) in [7, 11) is 0. The lowest BCUT2D eigenvalue weighted by atomic mass is 10.0. The van der Waals surface area contributed by atoms with Crippen LogP contribution in [0.2, 0.25) is 5.02 Å². The van der Waals surface area contributed by atoms with Crippen LogP contribution in [0.5, 0.6) is 0 Å². The van der Waals surface area contributed by atoms with Crippen molar-refractivity contribution in [1.29, 1.82) is 0 Å². The lowest BCUT2D eigenvalue weighted by molar-refractivity contribution is -0.121. The summed E-state index contributed by atoms with van der Waals surface area (Å²) in [4.78, 5) is 23.9. The molecule has 2 aromatic rings. The average Bonchev–Trinajstić information content (AvgIpc) is 2.67. The Hall–Kier alpha value is -2.64. The summed E-state index contributed by atoms with van der Waals surface area (Å²) in [5, 5.41) is 6.27. The van der Waals surface area contributed by atoms with Crippen LogP contribution in [-0.2, 0) is 4.79 Å². The van der Waals surface area contributed by atoms with E-state index >= 15 is 0 Å². The van der Waals surface area contributed by atoms with E-state index in [9.17, 15) is 9.59 Å². The van der Waals surface area contributed by atoms with E-state index in [4.69, 9.17) is 23.8 Å². The van der Waals surface area contributed by atoms with Gasteiger partial charge in [0.05, 0.1) is 10.6 Å². The van der Waals surface area contributed by atoms with Crippen LogP contribution < -0.4 is 21.5 Å². The molecule has 2 rings (SSSR count). The average molecular weight is 419 g/mol. The molecule has 0 aliphatic carbocycles. The first-order valence-electron chi connectivity index (χ1n) is 8.85. The summed E-state index contributed by atoms with van der Waals surface area (Å²) in [6, 6.07) is 14.6. The molecule has 8 heteroatoms. The zero-order valence-corrected chi connectivity index (χ0v) is 17.3. The van der Waals surface area contributed by atoms with Crippen molar-refractivity contribution in [3.63, 3.8) is 0 Å². The van der Waals surface area contributed by atoms with Crippen molar-refractivity contribution in [2.75, 3.05) is 11.9 Å². The molecule has 6 nitrogen and oxygen atoms in total. The Balaban J connectivity index is 1.68. The van der Waals surface area contributed by atoms with E-state index in [0.29, 0.717) is 16.5 Å². The van der Waals surface area contributed by atoms with Crippen molar-refractivity contribution in [3.8, 4) is 0 Å². The molecule has 0 aliphatic heterocycles. The van der Waals surface area contributed by atoms with E-state index in [1.54, 1.807) is 24.3 Å². The largest absolute Gasteiger partial charge is 0.351 e. The highest BCUT2D eigenvalue weighted by molar-refractivity contribution is 7.80. The molecule has 0 fully saturated rings. The number of amides is 2. The molecule has 0 saturated carbocycles. The molecule has 2 aromatic carbocycles. The Morgan fingerprint density at radius 3 is 2.36 bits per heavy atom. The van der Waals surface area contributed by atoms with Crippen LogP contribution in [0.3, 0.4) is 0 Å². The van der Waals surface area contributed by atoms with Crippen LogP contribution in [0.25, 0.3) is 0 Å². The van der Waals surface area contributed by atoms with Gasteiger partial charge in [-0.05, 0) is 48.0 Å². The first-order valence-corrected chi connectivity index (χ1v) is 9.64. The number of hydrazine groups is 1. The van der Waals surface area contributed by atoms with Crippen LogP contribution in [0.1, 0.15) is 42.1 Å². The number of thiocarbonyl (C=S) groups is 1. The summed E-state index contributed by atoms with van der Waals surface area (Å²) < 4.78 is 0. The summed E-state index contributed by atoms with van der Waals surface area (Å²) in [6.07, 6.45) is 0.0922. The topological polar surface area (TPSA) is 82.3 Å². The van der Waals surface area contributed by atoms with E-state index in [0.717, 1.165) is 5.69 Å². The summed E-state index contributed by atoms with van der Waals surface area (Å²) in [5.41, 5.74) is 7.55. The molecule has 0 aromatic heterocycles. The van der Waals surface area contributed by atoms with Crippen molar-refractivity contribution in [2.24, 2.45) is 0 Å². The zero-order valence-electron chi connectivity index (χ0n) is 15.7. The van der Waals surface area contributed by atoms with Crippen molar-refractivity contribution in [2.45, 2.75) is 26.2 Å². The van der Waals surface area contributed by atoms with Crippen LogP contribution in [0.15, 0.2) is 48.5 Å². The normalized spacial score (nSPS) is 10.3. The quantitative estimate of drug-likeness (QED) is 0.425. The van der Waals surface area contributed by atoms with E-state index in [2.05, 4.69) is 35.3 Å². The second-order valence-corrected chi connectivity index (χ2v) is 7.21. The number of hydrogen-bond donors (Lipinski definition) is 4. The fourth-order valence-electron chi connectivity index (χ4n) is 2.33. The highest BCUT2D eigenvalue weighted by Crippen LogP contribution is 2.17. The molecule has 148 valence electrons. The third-order valence-electron chi connectivity index (χ3n) is 3.91. The molecule has 0 bridgehead atoms. The fraction of sp³-hybridized carbons (Fsp3) is 0.250. The number of carbonyl (C=O) groups excluding carboxylic acids is 2. The monoisotopic (exact) mass is 418 g/mol. The first-order chi connectivity index (χ1) is 13.4. The van der Waals surface area contributed by atoms with Crippen LogP contribution in [-0.4, -0.2) is 23.5 Å². The highest BCUT2D eigenvalue weighted by atomic mass is 35.5. The van der Waals surface area contributed by atoms with Gasteiger partial charge in [0.2, 0.25) is 5.91 Å². The molecule has 0 atom stereocenters. The Morgan fingerprint density at radius 1 is 1.04 bits per heavy atom. The van der Waals surface area contributed by atoms with E-state index < -0.39 is 0 Å². The number of rotatable bonds is 6. The van der Waals surface area contributed by atoms with Crippen molar-refractivity contribution in [1.82, 2.24) is 16.2 Å². The van der Waals surface area contributed by atoms with Gasteiger partial charge in [-0.25, -0.2) is 0 Å². The third-order valence-corrected chi connectivity index (χ3v) is 4.44. The minimum atomic E-state index is -0.326.